The first-order valence-electron chi connectivity index (χ1n) is 7.01. The summed E-state index contributed by atoms with van der Waals surface area (Å²) < 4.78 is 0. The number of hydrogen-bond donors (Lipinski definition) is 4. The van der Waals surface area contributed by atoms with Crippen LogP contribution in [0.15, 0.2) is 48.5 Å². The molecule has 23 heavy (non-hydrogen) atoms. The van der Waals surface area contributed by atoms with Crippen LogP contribution in [0.5, 0.6) is 0 Å². The normalized spacial score (nSPS) is 11.4. The molecule has 2 aromatic carbocycles. The molecule has 1 atom stereocenters. The van der Waals surface area contributed by atoms with E-state index in [9.17, 15) is 14.8 Å². The van der Waals surface area contributed by atoms with Crippen LogP contribution in [0.4, 0.5) is 22.7 Å². The van der Waals surface area contributed by atoms with E-state index in [1.807, 2.05) is 0 Å². The monoisotopic (exact) mass is 314 g/mol. The highest BCUT2D eigenvalue weighted by Crippen LogP contribution is 2.15. The maximum atomic E-state index is 12.3. The predicted octanol–water partition coefficient (Wildman–Crippen LogP) is 1.64. The molecular weight excluding hydrogens is 296 g/mol. The molecule has 0 radical (unpaired) electrons. The largest absolute Gasteiger partial charge is 0.603 e. The zero-order valence-corrected chi connectivity index (χ0v) is 12.8. The van der Waals surface area contributed by atoms with Gasteiger partial charge in [-0.2, -0.15) is 0 Å². The molecule has 0 aliphatic heterocycles. The molecule has 0 aliphatic rings. The van der Waals surface area contributed by atoms with Crippen LogP contribution >= 0.6 is 0 Å². The average molecular weight is 314 g/mol. The van der Waals surface area contributed by atoms with E-state index in [2.05, 4.69) is 16.1 Å². The Morgan fingerprint density at radius 3 is 2.00 bits per heavy atom. The van der Waals surface area contributed by atoms with Crippen molar-refractivity contribution in [2.24, 2.45) is 0 Å². The number of anilines is 3. The summed E-state index contributed by atoms with van der Waals surface area (Å²) in [5, 5.41) is 17.2. The molecule has 0 aromatic heterocycles. The molecule has 0 fully saturated rings. The van der Waals surface area contributed by atoms with Crippen LogP contribution in [0.25, 0.3) is 0 Å². The highest BCUT2D eigenvalue weighted by molar-refractivity contribution is 5.89. The Bertz CT molecular complexity index is 718. The molecular formula is C16H18N4O3. The molecule has 120 valence electrons. The Hall–Kier alpha value is -2.90. The van der Waals surface area contributed by atoms with Crippen LogP contribution in [0, 0.1) is 5.21 Å². The van der Waals surface area contributed by atoms with E-state index in [0.29, 0.717) is 22.7 Å². The van der Waals surface area contributed by atoms with Crippen LogP contribution in [-0.4, -0.2) is 11.8 Å². The lowest BCUT2D eigenvalue weighted by molar-refractivity contribution is -0.749. The van der Waals surface area contributed by atoms with Gasteiger partial charge < -0.3 is 15.8 Å². The molecule has 4 N–H and O–H groups in total. The molecule has 7 nitrogen and oxygen atoms in total. The summed E-state index contributed by atoms with van der Waals surface area (Å²) in [6.07, 6.45) is 0. The maximum Gasteiger partial charge on any atom is 0.221 e. The minimum Gasteiger partial charge on any atom is -0.603 e. The Kier molecular flexibility index (Phi) is 5.29. The summed E-state index contributed by atoms with van der Waals surface area (Å²) in [5.41, 5.74) is 4.88. The van der Waals surface area contributed by atoms with E-state index < -0.39 is 0 Å². The van der Waals surface area contributed by atoms with Gasteiger partial charge in [-0.15, -0.1) is 0 Å². The van der Waals surface area contributed by atoms with Gasteiger partial charge in [-0.05, 0) is 24.3 Å². The second kappa shape index (κ2) is 7.39. The molecule has 0 aliphatic carbocycles. The standard InChI is InChI=1S/C16H18N4O3/c1-11(21)17-13-5-3-7-15(9-13)19-20(23)16-8-4-6-14(10-16)18-12(2)22/h3-10,19-20H,1-2H3,(H,17,21)(H,18,22). The topological polar surface area (TPSA) is 97.7 Å². The first-order chi connectivity index (χ1) is 10.9. The van der Waals surface area contributed by atoms with E-state index in [0.717, 1.165) is 0 Å². The third kappa shape index (κ3) is 5.10. The number of nitrogens with one attached hydrogen (secondary N) is 4. The Morgan fingerprint density at radius 1 is 0.870 bits per heavy atom. The summed E-state index contributed by atoms with van der Waals surface area (Å²) in [7, 11) is 0. The second-order valence-corrected chi connectivity index (χ2v) is 4.98. The van der Waals surface area contributed by atoms with Gasteiger partial charge in [0.25, 0.3) is 0 Å². The molecule has 1 unspecified atom stereocenters. The lowest BCUT2D eigenvalue weighted by Gasteiger charge is -2.23. The minimum atomic E-state index is -0.308. The second-order valence-electron chi connectivity index (χ2n) is 4.98. The van der Waals surface area contributed by atoms with Gasteiger partial charge >= 0.3 is 0 Å². The molecule has 7 heteroatoms. The Morgan fingerprint density at radius 2 is 1.39 bits per heavy atom. The summed E-state index contributed by atoms with van der Waals surface area (Å²) in [5.74, 6) is -0.387. The molecule has 0 saturated heterocycles. The van der Waals surface area contributed by atoms with E-state index in [1.165, 1.54) is 13.8 Å². The van der Waals surface area contributed by atoms with Crippen molar-refractivity contribution >= 4 is 34.6 Å². The highest BCUT2D eigenvalue weighted by Gasteiger charge is 2.06. The fraction of sp³-hybridized carbons (Fsp3) is 0.125. The van der Waals surface area contributed by atoms with Crippen LogP contribution in [0.2, 0.25) is 0 Å². The van der Waals surface area contributed by atoms with Gasteiger partial charge in [-0.25, -0.2) is 10.6 Å². The van der Waals surface area contributed by atoms with Gasteiger partial charge in [0.2, 0.25) is 11.8 Å². The van der Waals surface area contributed by atoms with Crippen molar-refractivity contribution in [3.8, 4) is 0 Å². The van der Waals surface area contributed by atoms with Gasteiger partial charge in [0.05, 0.1) is 5.69 Å². The molecule has 2 aromatic rings. The van der Waals surface area contributed by atoms with E-state index >= 15 is 0 Å². The maximum absolute atomic E-state index is 12.3. The first kappa shape index (κ1) is 16.5. The Balaban J connectivity index is 2.11. The number of quaternary nitrogens is 1. The van der Waals surface area contributed by atoms with Crippen LogP contribution in [0.3, 0.4) is 0 Å². The number of benzene rings is 2. The smallest absolute Gasteiger partial charge is 0.221 e. The minimum absolute atomic E-state index is 0.184. The Labute approximate surface area is 133 Å². The summed E-state index contributed by atoms with van der Waals surface area (Å²) in [6.45, 7) is 2.82. The van der Waals surface area contributed by atoms with Crippen LogP contribution < -0.4 is 21.2 Å². The molecule has 0 bridgehead atoms. The number of amides is 2. The zero-order valence-electron chi connectivity index (χ0n) is 12.8. The summed E-state index contributed by atoms with van der Waals surface area (Å²) in [4.78, 5) is 22.1. The average Bonchev–Trinajstić information content (AvgIpc) is 2.46. The quantitative estimate of drug-likeness (QED) is 0.631. The molecule has 2 rings (SSSR count). The molecule has 0 saturated carbocycles. The molecule has 0 heterocycles. The third-order valence-corrected chi connectivity index (χ3v) is 2.89. The van der Waals surface area contributed by atoms with Crippen LogP contribution in [0.1, 0.15) is 13.8 Å². The van der Waals surface area contributed by atoms with Crippen molar-refractivity contribution in [1.82, 2.24) is 0 Å². The lowest BCUT2D eigenvalue weighted by Crippen LogP contribution is -3.05. The van der Waals surface area contributed by atoms with Gasteiger partial charge in [0.15, 0.2) is 5.69 Å². The van der Waals surface area contributed by atoms with Crippen molar-refractivity contribution in [3.05, 3.63) is 53.7 Å². The van der Waals surface area contributed by atoms with Crippen molar-refractivity contribution < 1.29 is 14.8 Å². The SMILES string of the molecule is CC(=O)Nc1cccc(N[NH+]([O-])c2cccc(NC(C)=O)c2)c1. The summed E-state index contributed by atoms with van der Waals surface area (Å²) >= 11 is 0. The van der Waals surface area contributed by atoms with Crippen molar-refractivity contribution in [2.45, 2.75) is 13.8 Å². The first-order valence-corrected chi connectivity index (χ1v) is 7.01. The van der Waals surface area contributed by atoms with Crippen molar-refractivity contribution in [3.63, 3.8) is 0 Å². The van der Waals surface area contributed by atoms with Crippen LogP contribution in [-0.2, 0) is 9.59 Å². The third-order valence-electron chi connectivity index (χ3n) is 2.89. The van der Waals surface area contributed by atoms with Gasteiger partial charge in [0.1, 0.15) is 0 Å². The van der Waals surface area contributed by atoms with E-state index in [-0.39, 0.29) is 17.0 Å². The highest BCUT2D eigenvalue weighted by atomic mass is 16.5. The van der Waals surface area contributed by atoms with Gasteiger partial charge in [0, 0.05) is 37.4 Å². The fourth-order valence-corrected chi connectivity index (χ4v) is 2.02. The lowest BCUT2D eigenvalue weighted by atomic mass is 10.2. The number of carbonyl (C=O) groups excluding carboxylic acids is 2. The number of carbonyl (C=O) groups is 2. The number of hydrogen-bond acceptors (Lipinski definition) is 4. The van der Waals surface area contributed by atoms with Crippen molar-refractivity contribution in [1.29, 1.82) is 0 Å². The van der Waals surface area contributed by atoms with E-state index in [4.69, 9.17) is 0 Å². The van der Waals surface area contributed by atoms with Gasteiger partial charge in [-0.1, -0.05) is 12.1 Å². The predicted molar refractivity (Wildman–Crippen MR) is 89.1 cm³/mol. The zero-order chi connectivity index (χ0) is 16.8. The van der Waals surface area contributed by atoms with E-state index in [1.54, 1.807) is 48.5 Å². The number of rotatable bonds is 5. The van der Waals surface area contributed by atoms with Gasteiger partial charge in [-0.3, -0.25) is 9.59 Å². The molecule has 0 spiro atoms. The molecule has 2 amide bonds. The summed E-state index contributed by atoms with van der Waals surface area (Å²) in [6, 6.07) is 13.5. The fourth-order valence-electron chi connectivity index (χ4n) is 2.02. The van der Waals surface area contributed by atoms with Crippen molar-refractivity contribution in [2.75, 3.05) is 16.1 Å².